The Balaban J connectivity index is 2.13. The number of rotatable bonds is 5. The predicted molar refractivity (Wildman–Crippen MR) is 76.3 cm³/mol. The first kappa shape index (κ1) is 14.6. The minimum atomic E-state index is -0.0169. The molecule has 0 bridgehead atoms. The summed E-state index contributed by atoms with van der Waals surface area (Å²) < 4.78 is 11.1. The largest absolute Gasteiger partial charge is 0.496 e. The molecule has 5 heteroatoms. The second kappa shape index (κ2) is 7.10. The van der Waals surface area contributed by atoms with Crippen LogP contribution in [-0.4, -0.2) is 19.8 Å². The number of hydrogen-bond acceptors (Lipinski definition) is 4. The van der Waals surface area contributed by atoms with Crippen molar-refractivity contribution in [3.8, 4) is 5.75 Å². The van der Waals surface area contributed by atoms with Crippen LogP contribution in [0.5, 0.6) is 5.75 Å². The Bertz CT molecular complexity index is 408. The van der Waals surface area contributed by atoms with Crippen molar-refractivity contribution in [3.05, 3.63) is 28.8 Å². The van der Waals surface area contributed by atoms with Crippen molar-refractivity contribution in [3.63, 3.8) is 0 Å². The van der Waals surface area contributed by atoms with Gasteiger partial charge in [-0.3, -0.25) is 11.3 Å². The van der Waals surface area contributed by atoms with E-state index < -0.39 is 0 Å². The van der Waals surface area contributed by atoms with Crippen LogP contribution in [0.2, 0.25) is 5.02 Å². The van der Waals surface area contributed by atoms with Gasteiger partial charge in [0.25, 0.3) is 0 Å². The molecule has 1 aliphatic heterocycles. The highest BCUT2D eigenvalue weighted by atomic mass is 35.5. The molecule has 1 aromatic carbocycles. The Kier molecular flexibility index (Phi) is 5.45. The van der Waals surface area contributed by atoms with E-state index in [2.05, 4.69) is 5.43 Å². The lowest BCUT2D eigenvalue weighted by molar-refractivity contribution is 0.00490. The van der Waals surface area contributed by atoms with Crippen LogP contribution < -0.4 is 16.0 Å². The fraction of sp³-hybridized carbons (Fsp3) is 0.571. The highest BCUT2D eigenvalue weighted by molar-refractivity contribution is 6.30. The Morgan fingerprint density at radius 3 is 3.00 bits per heavy atom. The SMILES string of the molecule is COc1ccc(Cl)cc1C(CC1CCCCO1)NN. The normalized spacial score (nSPS) is 21.1. The van der Waals surface area contributed by atoms with E-state index >= 15 is 0 Å². The van der Waals surface area contributed by atoms with Gasteiger partial charge in [-0.05, 0) is 43.9 Å². The van der Waals surface area contributed by atoms with E-state index in [0.29, 0.717) is 5.02 Å². The molecule has 1 aromatic rings. The minimum absolute atomic E-state index is 0.0169. The first-order chi connectivity index (χ1) is 9.24. The van der Waals surface area contributed by atoms with Crippen LogP contribution in [0.25, 0.3) is 0 Å². The van der Waals surface area contributed by atoms with Crippen molar-refractivity contribution in [2.45, 2.75) is 37.8 Å². The third kappa shape index (κ3) is 3.83. The van der Waals surface area contributed by atoms with E-state index in [1.807, 2.05) is 18.2 Å². The molecule has 2 atom stereocenters. The molecular weight excluding hydrogens is 264 g/mol. The van der Waals surface area contributed by atoms with E-state index in [0.717, 1.165) is 37.2 Å². The van der Waals surface area contributed by atoms with Crippen molar-refractivity contribution in [2.75, 3.05) is 13.7 Å². The smallest absolute Gasteiger partial charge is 0.123 e. The molecule has 0 spiro atoms. The molecule has 0 radical (unpaired) electrons. The zero-order valence-electron chi connectivity index (χ0n) is 11.2. The second-order valence-electron chi connectivity index (χ2n) is 4.83. The Morgan fingerprint density at radius 1 is 1.53 bits per heavy atom. The highest BCUT2D eigenvalue weighted by Crippen LogP contribution is 2.32. The molecule has 106 valence electrons. The average molecular weight is 285 g/mol. The number of hydrogen-bond donors (Lipinski definition) is 2. The molecule has 1 saturated heterocycles. The molecule has 0 amide bonds. The second-order valence-corrected chi connectivity index (χ2v) is 5.27. The quantitative estimate of drug-likeness (QED) is 0.645. The predicted octanol–water partition coefficient (Wildman–Crippen LogP) is 2.81. The van der Waals surface area contributed by atoms with Gasteiger partial charge >= 0.3 is 0 Å². The Labute approximate surface area is 119 Å². The van der Waals surface area contributed by atoms with Crippen LogP contribution >= 0.6 is 11.6 Å². The van der Waals surface area contributed by atoms with Crippen molar-refractivity contribution in [2.24, 2.45) is 5.84 Å². The molecule has 2 rings (SSSR count). The summed E-state index contributed by atoms with van der Waals surface area (Å²) in [6.45, 7) is 0.842. The van der Waals surface area contributed by atoms with Gasteiger partial charge in [0.05, 0.1) is 19.3 Å². The summed E-state index contributed by atoms with van der Waals surface area (Å²) in [5.74, 6) is 6.49. The van der Waals surface area contributed by atoms with Gasteiger partial charge in [0, 0.05) is 17.2 Å². The molecule has 4 nitrogen and oxygen atoms in total. The van der Waals surface area contributed by atoms with Gasteiger partial charge in [0.2, 0.25) is 0 Å². The Hall–Kier alpha value is -0.810. The van der Waals surface area contributed by atoms with Gasteiger partial charge in [0.15, 0.2) is 0 Å². The van der Waals surface area contributed by atoms with Gasteiger partial charge < -0.3 is 9.47 Å². The summed E-state index contributed by atoms with van der Waals surface area (Å²) in [6.07, 6.45) is 4.53. The fourth-order valence-corrected chi connectivity index (χ4v) is 2.70. The van der Waals surface area contributed by atoms with Crippen LogP contribution in [-0.2, 0) is 4.74 Å². The zero-order valence-corrected chi connectivity index (χ0v) is 12.0. The molecule has 1 heterocycles. The minimum Gasteiger partial charge on any atom is -0.496 e. The molecule has 3 N–H and O–H groups in total. The maximum Gasteiger partial charge on any atom is 0.123 e. The van der Waals surface area contributed by atoms with E-state index in [9.17, 15) is 0 Å². The molecule has 0 aromatic heterocycles. The van der Waals surface area contributed by atoms with Crippen LogP contribution in [0.1, 0.15) is 37.3 Å². The molecule has 1 aliphatic rings. The van der Waals surface area contributed by atoms with E-state index in [1.165, 1.54) is 6.42 Å². The molecule has 19 heavy (non-hydrogen) atoms. The van der Waals surface area contributed by atoms with Gasteiger partial charge in [-0.2, -0.15) is 0 Å². The number of halogens is 1. The number of nitrogens with two attached hydrogens (primary N) is 1. The third-order valence-corrected chi connectivity index (χ3v) is 3.78. The van der Waals surface area contributed by atoms with E-state index in [4.69, 9.17) is 26.9 Å². The van der Waals surface area contributed by atoms with Gasteiger partial charge in [-0.15, -0.1) is 0 Å². The van der Waals surface area contributed by atoms with Gasteiger partial charge in [-0.25, -0.2) is 0 Å². The molecule has 0 saturated carbocycles. The number of hydrazine groups is 1. The zero-order chi connectivity index (χ0) is 13.7. The van der Waals surface area contributed by atoms with Crippen LogP contribution in [0.4, 0.5) is 0 Å². The summed E-state index contributed by atoms with van der Waals surface area (Å²) >= 11 is 6.06. The van der Waals surface area contributed by atoms with Crippen molar-refractivity contribution in [1.29, 1.82) is 0 Å². The lowest BCUT2D eigenvalue weighted by Gasteiger charge is -2.27. The topological polar surface area (TPSA) is 56.5 Å². The van der Waals surface area contributed by atoms with Gasteiger partial charge in [-0.1, -0.05) is 11.6 Å². The first-order valence-electron chi connectivity index (χ1n) is 6.65. The average Bonchev–Trinajstić information content (AvgIpc) is 2.46. The number of benzene rings is 1. The molecule has 2 unspecified atom stereocenters. The third-order valence-electron chi connectivity index (χ3n) is 3.54. The summed E-state index contributed by atoms with van der Waals surface area (Å²) in [5.41, 5.74) is 3.83. The summed E-state index contributed by atoms with van der Waals surface area (Å²) in [4.78, 5) is 0. The van der Waals surface area contributed by atoms with Crippen molar-refractivity contribution < 1.29 is 9.47 Å². The van der Waals surface area contributed by atoms with Gasteiger partial charge in [0.1, 0.15) is 5.75 Å². The van der Waals surface area contributed by atoms with Crippen molar-refractivity contribution in [1.82, 2.24) is 5.43 Å². The molecule has 0 aliphatic carbocycles. The summed E-state index contributed by atoms with van der Waals surface area (Å²) in [6, 6.07) is 5.56. The van der Waals surface area contributed by atoms with E-state index in [1.54, 1.807) is 7.11 Å². The fourth-order valence-electron chi connectivity index (χ4n) is 2.52. The van der Waals surface area contributed by atoms with Crippen molar-refractivity contribution >= 4 is 11.6 Å². The summed E-state index contributed by atoms with van der Waals surface area (Å²) in [7, 11) is 1.65. The molecular formula is C14H21ClN2O2. The van der Waals surface area contributed by atoms with Crippen LogP contribution in [0.3, 0.4) is 0 Å². The van der Waals surface area contributed by atoms with Crippen LogP contribution in [0, 0.1) is 0 Å². The number of ether oxygens (including phenoxy) is 2. The Morgan fingerprint density at radius 2 is 2.37 bits per heavy atom. The maximum atomic E-state index is 6.06. The number of nitrogens with one attached hydrogen (secondary N) is 1. The molecule has 1 fully saturated rings. The lowest BCUT2D eigenvalue weighted by atomic mass is 9.96. The standard InChI is InChI=1S/C14H21ClN2O2/c1-18-14-6-5-10(15)8-12(14)13(17-16)9-11-4-2-3-7-19-11/h5-6,8,11,13,17H,2-4,7,9,16H2,1H3. The monoisotopic (exact) mass is 284 g/mol. The lowest BCUT2D eigenvalue weighted by Crippen LogP contribution is -2.33. The maximum absolute atomic E-state index is 6.06. The number of methoxy groups -OCH3 is 1. The van der Waals surface area contributed by atoms with E-state index in [-0.39, 0.29) is 12.1 Å². The first-order valence-corrected chi connectivity index (χ1v) is 7.03. The highest BCUT2D eigenvalue weighted by Gasteiger charge is 2.22. The van der Waals surface area contributed by atoms with Crippen LogP contribution in [0.15, 0.2) is 18.2 Å². The summed E-state index contributed by atoms with van der Waals surface area (Å²) in [5, 5.41) is 0.681.